The van der Waals surface area contributed by atoms with Crippen molar-refractivity contribution in [1.82, 2.24) is 24.9 Å². The van der Waals surface area contributed by atoms with Gasteiger partial charge in [0, 0.05) is 12.2 Å². The third kappa shape index (κ3) is 3.52. The molecule has 0 saturated heterocycles. The van der Waals surface area contributed by atoms with Gasteiger partial charge in [-0.05, 0) is 37.6 Å². The van der Waals surface area contributed by atoms with Gasteiger partial charge < -0.3 is 11.1 Å². The summed E-state index contributed by atoms with van der Waals surface area (Å²) < 4.78 is 1.44. The van der Waals surface area contributed by atoms with Crippen LogP contribution in [0.1, 0.15) is 36.3 Å². The van der Waals surface area contributed by atoms with E-state index < -0.39 is 0 Å². The van der Waals surface area contributed by atoms with Gasteiger partial charge in [-0.25, -0.2) is 9.97 Å². The molecule has 0 radical (unpaired) electrons. The van der Waals surface area contributed by atoms with Gasteiger partial charge >= 0.3 is 0 Å². The average Bonchev–Trinajstić information content (AvgIpc) is 3.01. The molecule has 0 bridgehead atoms. The third-order valence-electron chi connectivity index (χ3n) is 4.68. The number of carbonyl (C=O) groups is 1. The van der Waals surface area contributed by atoms with E-state index in [2.05, 4.69) is 25.4 Å². The predicted octanol–water partition coefficient (Wildman–Crippen LogP) is 2.97. The number of fused-ring (bicyclic) bond motifs is 2. The SMILES string of the molecule is CCC(C)NC(=O)c1c(N)n(N=Cc2ccccn2)c2nc3ccccc3nc12. The van der Waals surface area contributed by atoms with E-state index in [0.717, 1.165) is 6.42 Å². The Labute approximate surface area is 167 Å². The van der Waals surface area contributed by atoms with E-state index in [1.165, 1.54) is 4.68 Å². The van der Waals surface area contributed by atoms with Crippen LogP contribution in [0.2, 0.25) is 0 Å². The summed E-state index contributed by atoms with van der Waals surface area (Å²) in [5, 5.41) is 7.38. The molecule has 1 unspecified atom stereocenters. The molecule has 0 aliphatic carbocycles. The maximum absolute atomic E-state index is 12.9. The number of aromatic nitrogens is 4. The summed E-state index contributed by atoms with van der Waals surface area (Å²) in [6.45, 7) is 3.94. The summed E-state index contributed by atoms with van der Waals surface area (Å²) in [7, 11) is 0. The predicted molar refractivity (Wildman–Crippen MR) is 114 cm³/mol. The second-order valence-electron chi connectivity index (χ2n) is 6.74. The Morgan fingerprint density at radius 1 is 1.21 bits per heavy atom. The van der Waals surface area contributed by atoms with E-state index in [0.29, 0.717) is 27.9 Å². The molecule has 3 heterocycles. The van der Waals surface area contributed by atoms with Gasteiger partial charge in [-0.15, -0.1) is 0 Å². The highest BCUT2D eigenvalue weighted by molar-refractivity contribution is 6.10. The molecule has 0 fully saturated rings. The second-order valence-corrected chi connectivity index (χ2v) is 6.74. The Balaban J connectivity index is 1.92. The normalized spacial score (nSPS) is 12.6. The number of hydrogen-bond acceptors (Lipinski definition) is 6. The number of rotatable bonds is 5. The van der Waals surface area contributed by atoms with E-state index in [4.69, 9.17) is 5.73 Å². The van der Waals surface area contributed by atoms with Gasteiger partial charge in [0.25, 0.3) is 5.91 Å². The van der Waals surface area contributed by atoms with Crippen LogP contribution in [0, 0.1) is 0 Å². The van der Waals surface area contributed by atoms with E-state index >= 15 is 0 Å². The number of nitrogens with one attached hydrogen (secondary N) is 1. The number of hydrogen-bond donors (Lipinski definition) is 2. The Morgan fingerprint density at radius 2 is 1.93 bits per heavy atom. The van der Waals surface area contributed by atoms with Crippen LogP contribution >= 0.6 is 0 Å². The maximum Gasteiger partial charge on any atom is 0.257 e. The molecule has 0 saturated carbocycles. The van der Waals surface area contributed by atoms with Crippen LogP contribution in [-0.2, 0) is 0 Å². The molecule has 146 valence electrons. The van der Waals surface area contributed by atoms with Crippen LogP contribution in [0.3, 0.4) is 0 Å². The first-order chi connectivity index (χ1) is 14.1. The van der Waals surface area contributed by atoms with E-state index in [1.807, 2.05) is 56.3 Å². The molecule has 8 nitrogen and oxygen atoms in total. The lowest BCUT2D eigenvalue weighted by Crippen LogP contribution is -2.32. The molecule has 1 aromatic carbocycles. The number of para-hydroxylation sites is 2. The Bertz CT molecular complexity index is 1210. The van der Waals surface area contributed by atoms with Crippen LogP contribution in [0.5, 0.6) is 0 Å². The minimum absolute atomic E-state index is 0.00531. The minimum Gasteiger partial charge on any atom is -0.383 e. The van der Waals surface area contributed by atoms with Crippen molar-refractivity contribution in [3.8, 4) is 0 Å². The van der Waals surface area contributed by atoms with Crippen LogP contribution < -0.4 is 11.1 Å². The molecule has 1 atom stereocenters. The van der Waals surface area contributed by atoms with E-state index in [1.54, 1.807) is 12.4 Å². The summed E-state index contributed by atoms with van der Waals surface area (Å²) in [6, 6.07) is 13.0. The third-order valence-corrected chi connectivity index (χ3v) is 4.68. The highest BCUT2D eigenvalue weighted by atomic mass is 16.1. The lowest BCUT2D eigenvalue weighted by molar-refractivity contribution is 0.0941. The van der Waals surface area contributed by atoms with Crippen molar-refractivity contribution >= 4 is 40.1 Å². The monoisotopic (exact) mass is 387 g/mol. The number of nitrogen functional groups attached to an aromatic ring is 1. The van der Waals surface area contributed by atoms with Crippen LogP contribution in [0.15, 0.2) is 53.8 Å². The summed E-state index contributed by atoms with van der Waals surface area (Å²) in [5.74, 6) is -0.110. The van der Waals surface area contributed by atoms with Crippen molar-refractivity contribution in [2.45, 2.75) is 26.3 Å². The fourth-order valence-corrected chi connectivity index (χ4v) is 2.96. The number of benzene rings is 1. The average molecular weight is 387 g/mol. The molecule has 3 aromatic heterocycles. The van der Waals surface area contributed by atoms with Gasteiger partial charge in [0.05, 0.1) is 22.9 Å². The molecule has 0 spiro atoms. The number of nitrogens with zero attached hydrogens (tertiary/aromatic N) is 5. The summed E-state index contributed by atoms with van der Waals surface area (Å²) in [5.41, 5.74) is 9.50. The molecule has 29 heavy (non-hydrogen) atoms. The van der Waals surface area contributed by atoms with Gasteiger partial charge in [-0.3, -0.25) is 9.78 Å². The van der Waals surface area contributed by atoms with E-state index in [9.17, 15) is 4.79 Å². The van der Waals surface area contributed by atoms with Crippen LogP contribution in [-0.4, -0.2) is 37.8 Å². The molecule has 4 rings (SSSR count). The zero-order valence-electron chi connectivity index (χ0n) is 16.2. The first-order valence-corrected chi connectivity index (χ1v) is 9.41. The van der Waals surface area contributed by atoms with Gasteiger partial charge in [-0.2, -0.15) is 9.78 Å². The van der Waals surface area contributed by atoms with Crippen LogP contribution in [0.4, 0.5) is 5.82 Å². The summed E-state index contributed by atoms with van der Waals surface area (Å²) in [4.78, 5) is 26.5. The summed E-state index contributed by atoms with van der Waals surface area (Å²) >= 11 is 0. The number of carbonyl (C=O) groups excluding carboxylic acids is 1. The Kier molecular flexibility index (Phi) is 4.90. The lowest BCUT2D eigenvalue weighted by atomic mass is 10.2. The fraction of sp³-hybridized carbons (Fsp3) is 0.190. The number of pyridine rings is 1. The highest BCUT2D eigenvalue weighted by Gasteiger charge is 2.24. The van der Waals surface area contributed by atoms with Crippen molar-refractivity contribution in [1.29, 1.82) is 0 Å². The fourth-order valence-electron chi connectivity index (χ4n) is 2.96. The van der Waals surface area contributed by atoms with Crippen molar-refractivity contribution < 1.29 is 4.79 Å². The highest BCUT2D eigenvalue weighted by Crippen LogP contribution is 2.27. The quantitative estimate of drug-likeness (QED) is 0.512. The molecule has 1 amide bonds. The van der Waals surface area contributed by atoms with Crippen molar-refractivity contribution in [2.75, 3.05) is 5.73 Å². The van der Waals surface area contributed by atoms with Crippen LogP contribution in [0.25, 0.3) is 22.2 Å². The van der Waals surface area contributed by atoms with Crippen molar-refractivity contribution in [3.63, 3.8) is 0 Å². The van der Waals surface area contributed by atoms with Crippen molar-refractivity contribution in [2.24, 2.45) is 5.10 Å². The number of nitrogens with two attached hydrogens (primary N) is 1. The zero-order valence-corrected chi connectivity index (χ0v) is 16.2. The zero-order chi connectivity index (χ0) is 20.4. The minimum atomic E-state index is -0.293. The molecule has 4 aromatic rings. The number of anilines is 1. The topological polar surface area (TPSA) is 111 Å². The molecular formula is C21H21N7O. The maximum atomic E-state index is 12.9. The van der Waals surface area contributed by atoms with Gasteiger partial charge in [0.1, 0.15) is 16.9 Å². The van der Waals surface area contributed by atoms with E-state index in [-0.39, 0.29) is 23.3 Å². The second kappa shape index (κ2) is 7.67. The smallest absolute Gasteiger partial charge is 0.257 e. The lowest BCUT2D eigenvalue weighted by Gasteiger charge is -2.11. The first-order valence-electron chi connectivity index (χ1n) is 9.41. The van der Waals surface area contributed by atoms with Gasteiger partial charge in [0.2, 0.25) is 0 Å². The standard InChI is InChI=1S/C21H21N7O/c1-3-13(2)25-21(29)17-18-20(27-16-10-5-4-9-15(16)26-18)28(19(17)22)24-12-14-8-6-7-11-23-14/h4-13H,3,22H2,1-2H3,(H,25,29). The Hall–Kier alpha value is -3.81. The molecule has 0 aliphatic heterocycles. The van der Waals surface area contributed by atoms with Gasteiger partial charge in [-0.1, -0.05) is 25.1 Å². The van der Waals surface area contributed by atoms with Gasteiger partial charge in [0.15, 0.2) is 5.65 Å². The Morgan fingerprint density at radius 3 is 2.62 bits per heavy atom. The summed E-state index contributed by atoms with van der Waals surface area (Å²) in [6.07, 6.45) is 4.05. The largest absolute Gasteiger partial charge is 0.383 e. The molecule has 3 N–H and O–H groups in total. The molecule has 0 aliphatic rings. The van der Waals surface area contributed by atoms with Crippen molar-refractivity contribution in [3.05, 3.63) is 59.9 Å². The molecule has 8 heteroatoms. The number of amides is 1. The molecular weight excluding hydrogens is 366 g/mol. The first kappa shape index (κ1) is 18.5.